The predicted octanol–water partition coefficient (Wildman–Crippen LogP) is 3.35. The van der Waals surface area contributed by atoms with E-state index in [1.807, 2.05) is 31.0 Å². The number of aryl methyl sites for hydroxylation is 2. The topological polar surface area (TPSA) is 81.1 Å². The number of carbonyl (C=O) groups is 1. The normalized spacial score (nSPS) is 24.1. The second kappa shape index (κ2) is 6.57. The Hall–Kier alpha value is -2.87. The van der Waals surface area contributed by atoms with Crippen molar-refractivity contribution in [3.05, 3.63) is 47.1 Å². The van der Waals surface area contributed by atoms with Gasteiger partial charge in [-0.3, -0.25) is 14.5 Å². The lowest BCUT2D eigenvalue weighted by Crippen LogP contribution is -2.81. The van der Waals surface area contributed by atoms with E-state index in [9.17, 15) is 9.18 Å². The van der Waals surface area contributed by atoms with Crippen LogP contribution in [0.15, 0.2) is 30.6 Å². The molecular weight excluding hydrogens is 409 g/mol. The first-order valence-corrected chi connectivity index (χ1v) is 10.1. The van der Waals surface area contributed by atoms with Crippen molar-refractivity contribution in [2.24, 2.45) is 7.05 Å². The third-order valence-corrected chi connectivity index (χ3v) is 6.33. The summed E-state index contributed by atoms with van der Waals surface area (Å²) < 4.78 is 20.7. The summed E-state index contributed by atoms with van der Waals surface area (Å²) in [6.45, 7) is 1.81. The summed E-state index contributed by atoms with van der Waals surface area (Å²) in [4.78, 5) is 16.6. The predicted molar refractivity (Wildman–Crippen MR) is 111 cm³/mol. The van der Waals surface area contributed by atoms with E-state index in [0.717, 1.165) is 41.5 Å². The second-order valence-corrected chi connectivity index (χ2v) is 8.83. The van der Waals surface area contributed by atoms with Crippen molar-refractivity contribution < 1.29 is 13.9 Å². The molecule has 0 radical (unpaired) electrons. The Morgan fingerprint density at radius 1 is 1.30 bits per heavy atom. The third kappa shape index (κ3) is 3.06. The molecule has 3 fully saturated rings. The number of hydrogen-bond donors (Lipinski definition) is 2. The van der Waals surface area contributed by atoms with E-state index >= 15 is 0 Å². The van der Waals surface area contributed by atoms with Crippen LogP contribution in [0.2, 0.25) is 5.02 Å². The van der Waals surface area contributed by atoms with Crippen molar-refractivity contribution in [3.63, 3.8) is 0 Å². The number of fused-ring (bicyclic) bond motifs is 1. The molecule has 7 nitrogen and oxygen atoms in total. The average Bonchev–Trinajstić information content (AvgIpc) is 2.95. The largest absolute Gasteiger partial charge is 0.484 e. The number of nitrogens with zero attached hydrogens (tertiary/aromatic N) is 3. The fraction of sp³-hybridized carbons (Fsp3) is 0.381. The Balaban J connectivity index is 1.18. The number of rotatable bonds is 6. The first-order valence-electron chi connectivity index (χ1n) is 9.73. The second-order valence-electron chi connectivity index (χ2n) is 8.42. The smallest absolute Gasteiger partial charge is 0.258 e. The minimum Gasteiger partial charge on any atom is -0.484 e. The molecule has 6 rings (SSSR count). The number of nitrogens with one attached hydrogen (secondary N) is 2. The molecule has 2 heterocycles. The maximum atomic E-state index is 13.5. The van der Waals surface area contributed by atoms with Crippen LogP contribution < -0.4 is 15.4 Å². The molecule has 0 saturated heterocycles. The van der Waals surface area contributed by atoms with Crippen molar-refractivity contribution in [1.29, 1.82) is 0 Å². The SMILES string of the molecule is Cc1nn(C)c2c(NC34CC(NC(=O)COc5ccc(Cl)c(F)c5)(C3)C4)cncc12. The number of halogens is 2. The van der Waals surface area contributed by atoms with Gasteiger partial charge in [-0.05, 0) is 38.3 Å². The molecule has 1 amide bonds. The quantitative estimate of drug-likeness (QED) is 0.628. The molecule has 0 spiro atoms. The number of hydrogen-bond acceptors (Lipinski definition) is 5. The summed E-state index contributed by atoms with van der Waals surface area (Å²) in [5.74, 6) is -0.519. The van der Waals surface area contributed by atoms with Gasteiger partial charge in [-0.2, -0.15) is 5.10 Å². The summed E-state index contributed by atoms with van der Waals surface area (Å²) in [5.41, 5.74) is 2.73. The molecule has 3 aliphatic rings. The van der Waals surface area contributed by atoms with Crippen LogP contribution >= 0.6 is 11.6 Å². The highest BCUT2D eigenvalue weighted by molar-refractivity contribution is 6.30. The van der Waals surface area contributed by atoms with Gasteiger partial charge >= 0.3 is 0 Å². The number of ether oxygens (including phenoxy) is 1. The van der Waals surface area contributed by atoms with Gasteiger partial charge in [0, 0.05) is 35.8 Å². The van der Waals surface area contributed by atoms with Crippen LogP contribution in [0.4, 0.5) is 10.1 Å². The molecule has 3 aromatic rings. The van der Waals surface area contributed by atoms with Crippen LogP contribution in [-0.2, 0) is 11.8 Å². The van der Waals surface area contributed by atoms with Crippen LogP contribution in [0, 0.1) is 12.7 Å². The number of carbonyl (C=O) groups excluding carboxylic acids is 1. The van der Waals surface area contributed by atoms with Crippen molar-refractivity contribution in [1.82, 2.24) is 20.1 Å². The molecule has 0 unspecified atom stereocenters. The number of anilines is 1. The van der Waals surface area contributed by atoms with Gasteiger partial charge in [-0.15, -0.1) is 0 Å². The van der Waals surface area contributed by atoms with Gasteiger partial charge in [-0.1, -0.05) is 11.6 Å². The molecule has 3 aliphatic carbocycles. The molecule has 0 aliphatic heterocycles. The van der Waals surface area contributed by atoms with Gasteiger partial charge in [0.25, 0.3) is 5.91 Å². The summed E-state index contributed by atoms with van der Waals surface area (Å²) in [6, 6.07) is 4.11. The number of amides is 1. The lowest BCUT2D eigenvalue weighted by molar-refractivity contribution is -0.135. The van der Waals surface area contributed by atoms with Crippen molar-refractivity contribution in [2.45, 2.75) is 37.3 Å². The standard InChI is InChI=1S/C21H21ClFN5O2/c1-12-14-6-24-7-17(19(14)28(2)27-12)25-20-9-21(10-20,11-20)26-18(29)8-30-13-3-4-15(22)16(23)5-13/h3-7,25H,8-11H2,1-2H3,(H,26,29). The maximum Gasteiger partial charge on any atom is 0.258 e. The summed E-state index contributed by atoms with van der Waals surface area (Å²) in [6.07, 6.45) is 6.19. The van der Waals surface area contributed by atoms with Crippen LogP contribution in [-0.4, -0.2) is 38.4 Å². The lowest BCUT2D eigenvalue weighted by Gasteiger charge is -2.70. The average molecular weight is 430 g/mol. The zero-order valence-corrected chi connectivity index (χ0v) is 17.4. The van der Waals surface area contributed by atoms with Gasteiger partial charge in [0.05, 0.1) is 28.1 Å². The maximum absolute atomic E-state index is 13.5. The molecule has 9 heteroatoms. The van der Waals surface area contributed by atoms with Crippen LogP contribution in [0.1, 0.15) is 25.0 Å². The molecule has 2 N–H and O–H groups in total. The van der Waals surface area contributed by atoms with Crippen molar-refractivity contribution in [3.8, 4) is 5.75 Å². The Labute approximate surface area is 177 Å². The van der Waals surface area contributed by atoms with Crippen molar-refractivity contribution >= 4 is 34.1 Å². The third-order valence-electron chi connectivity index (χ3n) is 6.03. The number of benzene rings is 1. The highest BCUT2D eigenvalue weighted by Gasteiger charge is 2.68. The Kier molecular flexibility index (Phi) is 4.18. The highest BCUT2D eigenvalue weighted by atomic mass is 35.5. The lowest BCUT2D eigenvalue weighted by atomic mass is 9.44. The van der Waals surface area contributed by atoms with E-state index in [-0.39, 0.29) is 34.4 Å². The van der Waals surface area contributed by atoms with Crippen LogP contribution in [0.25, 0.3) is 10.9 Å². The zero-order valence-electron chi connectivity index (χ0n) is 16.6. The van der Waals surface area contributed by atoms with E-state index in [1.54, 1.807) is 0 Å². The van der Waals surface area contributed by atoms with Gasteiger partial charge in [0.2, 0.25) is 0 Å². The molecule has 1 aromatic carbocycles. The molecule has 3 saturated carbocycles. The summed E-state index contributed by atoms with van der Waals surface area (Å²) in [7, 11) is 1.93. The van der Waals surface area contributed by atoms with E-state index < -0.39 is 5.82 Å². The van der Waals surface area contributed by atoms with E-state index in [4.69, 9.17) is 16.3 Å². The van der Waals surface area contributed by atoms with Gasteiger partial charge < -0.3 is 15.4 Å². The number of pyridine rings is 1. The van der Waals surface area contributed by atoms with Crippen LogP contribution in [0.3, 0.4) is 0 Å². The monoisotopic (exact) mass is 429 g/mol. The zero-order chi connectivity index (χ0) is 21.1. The first-order chi connectivity index (χ1) is 14.3. The fourth-order valence-corrected chi connectivity index (χ4v) is 4.99. The van der Waals surface area contributed by atoms with E-state index in [0.29, 0.717) is 0 Å². The highest BCUT2D eigenvalue weighted by Crippen LogP contribution is 2.62. The van der Waals surface area contributed by atoms with Gasteiger partial charge in [0.1, 0.15) is 11.6 Å². The Morgan fingerprint density at radius 3 is 2.80 bits per heavy atom. The molecule has 30 heavy (non-hydrogen) atoms. The Morgan fingerprint density at radius 2 is 2.07 bits per heavy atom. The van der Waals surface area contributed by atoms with Crippen LogP contribution in [0.5, 0.6) is 5.75 Å². The summed E-state index contributed by atoms with van der Waals surface area (Å²) >= 11 is 5.65. The number of aromatic nitrogens is 3. The molecule has 2 aromatic heterocycles. The molecule has 2 bridgehead atoms. The van der Waals surface area contributed by atoms with E-state index in [2.05, 4.69) is 20.7 Å². The van der Waals surface area contributed by atoms with Gasteiger partial charge in [-0.25, -0.2) is 4.39 Å². The van der Waals surface area contributed by atoms with E-state index in [1.165, 1.54) is 18.2 Å². The fourth-order valence-electron chi connectivity index (χ4n) is 4.87. The Bertz CT molecular complexity index is 1160. The minimum atomic E-state index is -0.574. The minimum absolute atomic E-state index is 0.0191. The molecule has 0 atom stereocenters. The molecular formula is C21H21ClFN5O2. The van der Waals surface area contributed by atoms with Gasteiger partial charge in [0.15, 0.2) is 6.61 Å². The summed E-state index contributed by atoms with van der Waals surface area (Å²) in [5, 5.41) is 12.2. The molecule has 156 valence electrons. The van der Waals surface area contributed by atoms with Crippen molar-refractivity contribution in [2.75, 3.05) is 11.9 Å². The first kappa shape index (κ1) is 19.1.